The van der Waals surface area contributed by atoms with Crippen LogP contribution in [0.4, 0.5) is 4.39 Å². The minimum atomic E-state index is -3.11. The van der Waals surface area contributed by atoms with Crippen LogP contribution in [0, 0.1) is 5.82 Å². The summed E-state index contributed by atoms with van der Waals surface area (Å²) in [4.78, 5) is 0. The second kappa shape index (κ2) is 6.50. The number of rotatable bonds is 6. The Balaban J connectivity index is 2.85. The van der Waals surface area contributed by atoms with Crippen molar-refractivity contribution in [3.63, 3.8) is 0 Å². The monoisotopic (exact) mass is 293 g/mol. The summed E-state index contributed by atoms with van der Waals surface area (Å²) in [5.74, 6) is -0.386. The fourth-order valence-corrected chi connectivity index (χ4v) is 2.97. The van der Waals surface area contributed by atoms with E-state index in [0.717, 1.165) is 0 Å². The van der Waals surface area contributed by atoms with Gasteiger partial charge in [-0.1, -0.05) is 18.5 Å². The van der Waals surface area contributed by atoms with Crippen molar-refractivity contribution < 1.29 is 12.8 Å². The van der Waals surface area contributed by atoms with Gasteiger partial charge in [-0.15, -0.1) is 0 Å². The summed E-state index contributed by atoms with van der Waals surface area (Å²) < 4.78 is 36.2. The Labute approximate surface area is 112 Å². The molecule has 0 aliphatic carbocycles. The molecule has 0 fully saturated rings. The van der Waals surface area contributed by atoms with Crippen LogP contribution in [-0.2, 0) is 16.3 Å². The maximum atomic E-state index is 13.6. The molecule has 1 aromatic carbocycles. The number of hydrogen-bond acceptors (Lipinski definition) is 3. The highest BCUT2D eigenvalue weighted by Crippen LogP contribution is 2.16. The van der Waals surface area contributed by atoms with Gasteiger partial charge in [-0.05, 0) is 36.7 Å². The third-order valence-electron chi connectivity index (χ3n) is 2.47. The van der Waals surface area contributed by atoms with Crippen LogP contribution in [0.3, 0.4) is 0 Å². The molecule has 0 radical (unpaired) electrons. The van der Waals surface area contributed by atoms with Crippen molar-refractivity contribution in [3.05, 3.63) is 34.6 Å². The van der Waals surface area contributed by atoms with Gasteiger partial charge in [-0.2, -0.15) is 0 Å². The average molecular weight is 294 g/mol. The van der Waals surface area contributed by atoms with Crippen LogP contribution in [0.5, 0.6) is 0 Å². The topological polar surface area (TPSA) is 46.2 Å². The number of nitrogens with one attached hydrogen (secondary N) is 1. The number of likely N-dealkylation sites (N-methyl/N-ethyl adjacent to an activating group) is 1. The summed E-state index contributed by atoms with van der Waals surface area (Å²) in [6, 6.07) is 3.99. The molecule has 102 valence electrons. The largest absolute Gasteiger partial charge is 0.313 e. The van der Waals surface area contributed by atoms with E-state index in [-0.39, 0.29) is 17.6 Å². The van der Waals surface area contributed by atoms with Gasteiger partial charge in [-0.3, -0.25) is 0 Å². The minimum absolute atomic E-state index is 0.0210. The zero-order valence-corrected chi connectivity index (χ0v) is 12.0. The Morgan fingerprint density at radius 1 is 1.44 bits per heavy atom. The molecule has 1 atom stereocenters. The molecule has 1 unspecified atom stereocenters. The molecule has 0 bridgehead atoms. The molecule has 1 rings (SSSR count). The summed E-state index contributed by atoms with van der Waals surface area (Å²) in [5, 5.41) is 3.49. The molecule has 3 nitrogen and oxygen atoms in total. The van der Waals surface area contributed by atoms with E-state index in [0.29, 0.717) is 23.6 Å². The summed E-state index contributed by atoms with van der Waals surface area (Å²) in [5.41, 5.74) is 0.428. The molecular formula is C12H17ClFNO2S. The quantitative estimate of drug-likeness (QED) is 0.873. The van der Waals surface area contributed by atoms with Crippen LogP contribution in [0.25, 0.3) is 0 Å². The number of halogens is 2. The lowest BCUT2D eigenvalue weighted by molar-refractivity contribution is 0.529. The standard InChI is InChI=1S/C12H17ClFNO2S/c1-3-15-11(8-18(2,16)17)7-9-6-10(13)4-5-12(9)14/h4-6,11,15H,3,7-8H2,1-2H3. The van der Waals surface area contributed by atoms with Gasteiger partial charge in [0.2, 0.25) is 0 Å². The molecule has 18 heavy (non-hydrogen) atoms. The molecule has 0 saturated carbocycles. The van der Waals surface area contributed by atoms with E-state index in [1.807, 2.05) is 6.92 Å². The highest BCUT2D eigenvalue weighted by Gasteiger charge is 2.17. The van der Waals surface area contributed by atoms with Gasteiger partial charge in [0.25, 0.3) is 0 Å². The van der Waals surface area contributed by atoms with Crippen LogP contribution >= 0.6 is 11.6 Å². The summed E-state index contributed by atoms with van der Waals surface area (Å²) in [6.45, 7) is 2.51. The molecule has 1 N–H and O–H groups in total. The minimum Gasteiger partial charge on any atom is -0.313 e. The molecule has 1 aromatic rings. The Morgan fingerprint density at radius 3 is 2.67 bits per heavy atom. The second-order valence-electron chi connectivity index (χ2n) is 4.29. The van der Waals surface area contributed by atoms with Crippen molar-refractivity contribution in [2.75, 3.05) is 18.6 Å². The molecule has 6 heteroatoms. The van der Waals surface area contributed by atoms with Gasteiger partial charge in [0.1, 0.15) is 15.7 Å². The van der Waals surface area contributed by atoms with Crippen molar-refractivity contribution in [1.82, 2.24) is 5.32 Å². The smallest absolute Gasteiger partial charge is 0.148 e. The van der Waals surface area contributed by atoms with Gasteiger partial charge in [0.15, 0.2) is 0 Å². The van der Waals surface area contributed by atoms with Crippen LogP contribution in [0.2, 0.25) is 5.02 Å². The first-order valence-electron chi connectivity index (χ1n) is 5.67. The first-order valence-corrected chi connectivity index (χ1v) is 8.10. The highest BCUT2D eigenvalue weighted by atomic mass is 35.5. The molecule has 0 heterocycles. The summed E-state index contributed by atoms with van der Waals surface area (Å²) in [6.07, 6.45) is 1.47. The van der Waals surface area contributed by atoms with E-state index in [2.05, 4.69) is 5.32 Å². The lowest BCUT2D eigenvalue weighted by Crippen LogP contribution is -2.37. The molecule has 0 aromatic heterocycles. The van der Waals surface area contributed by atoms with Crippen molar-refractivity contribution in [3.8, 4) is 0 Å². The first-order chi connectivity index (χ1) is 8.31. The van der Waals surface area contributed by atoms with Crippen LogP contribution < -0.4 is 5.32 Å². The zero-order chi connectivity index (χ0) is 13.8. The van der Waals surface area contributed by atoms with E-state index in [9.17, 15) is 12.8 Å². The van der Waals surface area contributed by atoms with Gasteiger partial charge in [0.05, 0.1) is 5.75 Å². The maximum absolute atomic E-state index is 13.6. The third-order valence-corrected chi connectivity index (χ3v) is 3.71. The second-order valence-corrected chi connectivity index (χ2v) is 6.91. The molecule has 0 amide bonds. The Kier molecular flexibility index (Phi) is 5.56. The van der Waals surface area contributed by atoms with Crippen molar-refractivity contribution in [2.24, 2.45) is 0 Å². The van der Waals surface area contributed by atoms with Crippen molar-refractivity contribution in [2.45, 2.75) is 19.4 Å². The van der Waals surface area contributed by atoms with E-state index in [4.69, 9.17) is 11.6 Å². The van der Waals surface area contributed by atoms with Crippen molar-refractivity contribution >= 4 is 21.4 Å². The number of hydrogen-bond donors (Lipinski definition) is 1. The molecular weight excluding hydrogens is 277 g/mol. The summed E-state index contributed by atoms with van der Waals surface area (Å²) >= 11 is 5.81. The van der Waals surface area contributed by atoms with E-state index in [1.165, 1.54) is 24.5 Å². The third kappa shape index (κ3) is 5.33. The Hall–Kier alpha value is -0.650. The fourth-order valence-electron chi connectivity index (χ4n) is 1.81. The van der Waals surface area contributed by atoms with Gasteiger partial charge in [0, 0.05) is 17.3 Å². The van der Waals surface area contributed by atoms with E-state index < -0.39 is 9.84 Å². The Morgan fingerprint density at radius 2 is 2.11 bits per heavy atom. The normalized spacial score (nSPS) is 13.6. The molecule has 0 aliphatic rings. The number of benzene rings is 1. The molecule has 0 spiro atoms. The van der Waals surface area contributed by atoms with Crippen molar-refractivity contribution in [1.29, 1.82) is 0 Å². The fraction of sp³-hybridized carbons (Fsp3) is 0.500. The van der Waals surface area contributed by atoms with Crippen LogP contribution in [0.1, 0.15) is 12.5 Å². The van der Waals surface area contributed by atoms with Crippen LogP contribution in [-0.4, -0.2) is 33.0 Å². The average Bonchev–Trinajstić information content (AvgIpc) is 2.21. The maximum Gasteiger partial charge on any atom is 0.148 e. The number of sulfone groups is 1. The highest BCUT2D eigenvalue weighted by molar-refractivity contribution is 7.90. The SMILES string of the molecule is CCNC(Cc1cc(Cl)ccc1F)CS(C)(=O)=O. The van der Waals surface area contributed by atoms with Gasteiger partial charge >= 0.3 is 0 Å². The predicted octanol–water partition coefficient (Wildman–Crippen LogP) is 2.04. The molecule has 0 aliphatic heterocycles. The van der Waals surface area contributed by atoms with E-state index >= 15 is 0 Å². The first kappa shape index (κ1) is 15.4. The lowest BCUT2D eigenvalue weighted by atomic mass is 10.1. The van der Waals surface area contributed by atoms with Gasteiger partial charge in [-0.25, -0.2) is 12.8 Å². The lowest BCUT2D eigenvalue weighted by Gasteiger charge is -2.17. The summed E-state index contributed by atoms with van der Waals surface area (Å²) in [7, 11) is -3.11. The van der Waals surface area contributed by atoms with Crippen LogP contribution in [0.15, 0.2) is 18.2 Å². The molecule has 0 saturated heterocycles. The van der Waals surface area contributed by atoms with Gasteiger partial charge < -0.3 is 5.32 Å². The Bertz CT molecular complexity index is 505. The van der Waals surface area contributed by atoms with E-state index in [1.54, 1.807) is 0 Å². The zero-order valence-electron chi connectivity index (χ0n) is 10.4. The predicted molar refractivity (Wildman–Crippen MR) is 72.3 cm³/mol.